The van der Waals surface area contributed by atoms with Gasteiger partial charge in [0.15, 0.2) is 0 Å². The third kappa shape index (κ3) is 6.10. The van der Waals surface area contributed by atoms with Gasteiger partial charge in [0, 0.05) is 22.4 Å². The molecule has 41 heavy (non-hydrogen) atoms. The summed E-state index contributed by atoms with van der Waals surface area (Å²) in [5, 5.41) is 10.6. The Balaban J connectivity index is 1.51. The summed E-state index contributed by atoms with van der Waals surface area (Å²) in [5.74, 6) is -0.283. The van der Waals surface area contributed by atoms with Gasteiger partial charge in [0.05, 0.1) is 22.8 Å². The standard InChI is InChI=1S/C36H33FN4/c1-5-25(16-17-26-12-9-8-10-13-26)19-27(6-2)24(4)18-31-33(7-3)40-41-36(31)34-21-30-32(22-38-23-35(30)39-34)28-14-11-15-29(37)20-28/h5-15,18-23,39-40H,1,4,16-17H2,2-3H3/b25-19+,27-6+,31-18+,33-7+. The fraction of sp³-hybridized carbons (Fsp3) is 0.111. The molecule has 3 heterocycles. The van der Waals surface area contributed by atoms with Crippen molar-refractivity contribution in [3.05, 3.63) is 143 Å². The fourth-order valence-electron chi connectivity index (χ4n) is 4.99. The number of H-pyrrole nitrogens is 2. The lowest BCUT2D eigenvalue weighted by Gasteiger charge is -2.07. The molecule has 0 aliphatic carbocycles. The van der Waals surface area contributed by atoms with E-state index in [0.717, 1.165) is 73.5 Å². The first-order chi connectivity index (χ1) is 20.0. The maximum absolute atomic E-state index is 14.0. The predicted octanol–water partition coefficient (Wildman–Crippen LogP) is 7.59. The molecule has 2 aromatic carbocycles. The second-order valence-electron chi connectivity index (χ2n) is 9.85. The number of aromatic amines is 2. The van der Waals surface area contributed by atoms with E-state index in [0.29, 0.717) is 0 Å². The van der Waals surface area contributed by atoms with Crippen LogP contribution in [-0.4, -0.2) is 20.2 Å². The highest BCUT2D eigenvalue weighted by Crippen LogP contribution is 2.30. The van der Waals surface area contributed by atoms with Crippen molar-refractivity contribution in [2.45, 2.75) is 26.7 Å². The molecular formula is C36H33FN4. The summed E-state index contributed by atoms with van der Waals surface area (Å²) in [6, 6.07) is 19.1. The molecule has 0 saturated carbocycles. The van der Waals surface area contributed by atoms with E-state index in [-0.39, 0.29) is 5.82 Å². The van der Waals surface area contributed by atoms with Crippen molar-refractivity contribution in [3.63, 3.8) is 0 Å². The van der Waals surface area contributed by atoms with Crippen LogP contribution in [0, 0.1) is 5.82 Å². The monoisotopic (exact) mass is 540 g/mol. The highest BCUT2D eigenvalue weighted by Gasteiger charge is 2.13. The molecule has 0 aliphatic heterocycles. The summed E-state index contributed by atoms with van der Waals surface area (Å²) in [7, 11) is 0. The number of aryl methyl sites for hydroxylation is 1. The lowest BCUT2D eigenvalue weighted by Crippen LogP contribution is -2.23. The van der Waals surface area contributed by atoms with Crippen LogP contribution in [0.15, 0.2) is 121 Å². The molecule has 0 spiro atoms. The molecule has 5 heteroatoms. The normalized spacial score (nSPS) is 13.2. The third-order valence-electron chi connectivity index (χ3n) is 7.21. The highest BCUT2D eigenvalue weighted by molar-refractivity contribution is 5.97. The molecular weight excluding hydrogens is 507 g/mol. The van der Waals surface area contributed by atoms with E-state index < -0.39 is 0 Å². The van der Waals surface area contributed by atoms with Crippen molar-refractivity contribution >= 4 is 23.1 Å². The van der Waals surface area contributed by atoms with Gasteiger partial charge in [-0.1, -0.05) is 79.9 Å². The molecule has 0 fully saturated rings. The number of rotatable bonds is 9. The van der Waals surface area contributed by atoms with E-state index in [9.17, 15) is 4.39 Å². The van der Waals surface area contributed by atoms with Crippen molar-refractivity contribution in [2.24, 2.45) is 0 Å². The van der Waals surface area contributed by atoms with Crippen molar-refractivity contribution in [1.29, 1.82) is 0 Å². The smallest absolute Gasteiger partial charge is 0.123 e. The number of allylic oxidation sites excluding steroid dienone is 6. The minimum Gasteiger partial charge on any atom is -0.352 e. The Kier molecular flexibility index (Phi) is 8.35. The minimum absolute atomic E-state index is 0.283. The van der Waals surface area contributed by atoms with E-state index in [1.54, 1.807) is 18.5 Å². The molecule has 0 aliphatic rings. The van der Waals surface area contributed by atoms with Gasteiger partial charge in [-0.05, 0) is 78.8 Å². The van der Waals surface area contributed by atoms with Crippen LogP contribution in [0.2, 0.25) is 0 Å². The number of pyridine rings is 1. The van der Waals surface area contributed by atoms with Crippen LogP contribution in [0.5, 0.6) is 0 Å². The van der Waals surface area contributed by atoms with Gasteiger partial charge in [-0.3, -0.25) is 10.1 Å². The van der Waals surface area contributed by atoms with Gasteiger partial charge in [-0.15, -0.1) is 0 Å². The van der Waals surface area contributed by atoms with E-state index in [1.165, 1.54) is 17.7 Å². The first-order valence-electron chi connectivity index (χ1n) is 13.7. The average Bonchev–Trinajstić information content (AvgIpc) is 3.61. The Labute approximate surface area is 239 Å². The van der Waals surface area contributed by atoms with Crippen LogP contribution < -0.4 is 10.6 Å². The van der Waals surface area contributed by atoms with Crippen LogP contribution in [0.3, 0.4) is 0 Å². The Hall–Kier alpha value is -5.03. The molecule has 0 unspecified atom stereocenters. The van der Waals surface area contributed by atoms with Gasteiger partial charge >= 0.3 is 0 Å². The van der Waals surface area contributed by atoms with E-state index in [2.05, 4.69) is 75.8 Å². The lowest BCUT2D eigenvalue weighted by atomic mass is 9.98. The minimum atomic E-state index is -0.283. The average molecular weight is 541 g/mol. The van der Waals surface area contributed by atoms with Crippen molar-refractivity contribution in [1.82, 2.24) is 20.2 Å². The van der Waals surface area contributed by atoms with Gasteiger partial charge in [-0.25, -0.2) is 4.39 Å². The first kappa shape index (κ1) is 27.5. The molecule has 2 N–H and O–H groups in total. The van der Waals surface area contributed by atoms with E-state index in [1.807, 2.05) is 44.2 Å². The maximum Gasteiger partial charge on any atom is 0.123 e. The van der Waals surface area contributed by atoms with Crippen molar-refractivity contribution < 1.29 is 4.39 Å². The quantitative estimate of drug-likeness (QED) is 0.189. The van der Waals surface area contributed by atoms with Crippen LogP contribution in [0.25, 0.3) is 45.6 Å². The van der Waals surface area contributed by atoms with Crippen molar-refractivity contribution in [3.8, 4) is 22.5 Å². The zero-order valence-corrected chi connectivity index (χ0v) is 23.4. The zero-order valence-electron chi connectivity index (χ0n) is 23.4. The summed E-state index contributed by atoms with van der Waals surface area (Å²) >= 11 is 0. The summed E-state index contributed by atoms with van der Waals surface area (Å²) in [4.78, 5) is 7.85. The molecule has 0 atom stereocenters. The van der Waals surface area contributed by atoms with Gasteiger partial charge < -0.3 is 4.98 Å². The highest BCUT2D eigenvalue weighted by atomic mass is 19.1. The van der Waals surface area contributed by atoms with E-state index in [4.69, 9.17) is 0 Å². The summed E-state index contributed by atoms with van der Waals surface area (Å²) in [6.45, 7) is 12.4. The Bertz CT molecular complexity index is 1900. The number of hydrogen-bond acceptors (Lipinski definition) is 2. The second-order valence-corrected chi connectivity index (χ2v) is 9.85. The Morgan fingerprint density at radius 1 is 1.02 bits per heavy atom. The molecule has 0 amide bonds. The molecule has 204 valence electrons. The fourth-order valence-corrected chi connectivity index (χ4v) is 4.99. The Morgan fingerprint density at radius 2 is 1.85 bits per heavy atom. The largest absolute Gasteiger partial charge is 0.352 e. The molecule has 0 saturated heterocycles. The van der Waals surface area contributed by atoms with Crippen molar-refractivity contribution in [2.75, 3.05) is 0 Å². The molecule has 5 aromatic rings. The van der Waals surface area contributed by atoms with Gasteiger partial charge in [0.2, 0.25) is 0 Å². The number of nitrogens with zero attached hydrogens (tertiary/aromatic N) is 2. The number of fused-ring (bicyclic) bond motifs is 1. The number of halogens is 1. The van der Waals surface area contributed by atoms with Gasteiger partial charge in [-0.2, -0.15) is 5.10 Å². The predicted molar refractivity (Wildman–Crippen MR) is 169 cm³/mol. The SMILES string of the molecule is C=C/C(=C\C(=C/C)C(=C)/C=c1/c(-c2cc3c(-c4cccc(F)c4)cncc3[nH]2)n[nH]/c1=C/C)CCc1ccccc1. The summed E-state index contributed by atoms with van der Waals surface area (Å²) in [5.41, 5.74) is 8.43. The van der Waals surface area contributed by atoms with Crippen LogP contribution in [0.4, 0.5) is 4.39 Å². The number of aromatic nitrogens is 4. The molecule has 5 rings (SSSR count). The van der Waals surface area contributed by atoms with E-state index >= 15 is 0 Å². The summed E-state index contributed by atoms with van der Waals surface area (Å²) in [6.07, 6.45) is 15.6. The zero-order chi connectivity index (χ0) is 28.8. The van der Waals surface area contributed by atoms with Gasteiger partial charge in [0.1, 0.15) is 11.5 Å². The Morgan fingerprint density at radius 3 is 2.59 bits per heavy atom. The van der Waals surface area contributed by atoms with Crippen LogP contribution in [0.1, 0.15) is 25.8 Å². The van der Waals surface area contributed by atoms with Crippen LogP contribution >= 0.6 is 0 Å². The topological polar surface area (TPSA) is 57.4 Å². The number of benzene rings is 2. The maximum atomic E-state index is 14.0. The molecule has 0 radical (unpaired) electrons. The van der Waals surface area contributed by atoms with Crippen LogP contribution in [-0.2, 0) is 6.42 Å². The first-order valence-corrected chi connectivity index (χ1v) is 13.7. The number of nitrogens with one attached hydrogen (secondary N) is 2. The third-order valence-corrected chi connectivity index (χ3v) is 7.21. The molecule has 3 aromatic heterocycles. The lowest BCUT2D eigenvalue weighted by molar-refractivity contribution is 0.628. The number of hydrogen-bond donors (Lipinski definition) is 2. The summed E-state index contributed by atoms with van der Waals surface area (Å²) < 4.78 is 14.0. The molecule has 0 bridgehead atoms. The second kappa shape index (κ2) is 12.4. The molecule has 4 nitrogen and oxygen atoms in total. The van der Waals surface area contributed by atoms with Gasteiger partial charge in [0.25, 0.3) is 0 Å².